The average molecular weight is 279 g/mol. The monoisotopic (exact) mass is 278 g/mol. The van der Waals surface area contributed by atoms with Crippen LogP contribution in [0.3, 0.4) is 0 Å². The Balaban J connectivity index is 3.41. The summed E-state index contributed by atoms with van der Waals surface area (Å²) in [7, 11) is 0. The van der Waals surface area contributed by atoms with Gasteiger partial charge in [0.2, 0.25) is 0 Å². The minimum atomic E-state index is -4.42. The van der Waals surface area contributed by atoms with E-state index in [1.807, 2.05) is 0 Å². The Morgan fingerprint density at radius 3 is 2.47 bits per heavy atom. The number of alkyl halides is 3. The molecule has 0 radical (unpaired) electrons. The second-order valence-corrected chi connectivity index (χ2v) is 4.53. The Morgan fingerprint density at radius 1 is 1.53 bits per heavy atom. The number of thiophene rings is 1. The summed E-state index contributed by atoms with van der Waals surface area (Å²) in [5.41, 5.74) is -0.208. The molecule has 2 nitrogen and oxygen atoms in total. The molecular weight excluding hydrogens is 273 g/mol. The number of hydrogen-bond donors (Lipinski definition) is 0. The fraction of sp³-hybridized carbons (Fsp3) is 0.200. The molecule has 0 bridgehead atoms. The predicted octanol–water partition coefficient (Wildman–Crippen LogP) is 4.27. The maximum absolute atomic E-state index is 12.4. The number of nitrogens with zero attached hydrogens (tertiary/aromatic N) is 2. The molecule has 7 heteroatoms. The summed E-state index contributed by atoms with van der Waals surface area (Å²) in [6.45, 7) is 6.61. The largest absolute Gasteiger partial charge is 0.393 e. The molecule has 0 aliphatic rings. The number of halogens is 4. The van der Waals surface area contributed by atoms with E-state index in [-0.39, 0.29) is 26.0 Å². The first kappa shape index (κ1) is 13.7. The Morgan fingerprint density at radius 2 is 2.12 bits per heavy atom. The van der Waals surface area contributed by atoms with E-state index in [0.717, 1.165) is 11.3 Å². The van der Waals surface area contributed by atoms with Crippen molar-refractivity contribution in [3.8, 4) is 6.07 Å². The molecule has 0 amide bonds. The van der Waals surface area contributed by atoms with Gasteiger partial charge in [-0.3, -0.25) is 4.99 Å². The van der Waals surface area contributed by atoms with Gasteiger partial charge in [-0.15, -0.1) is 11.3 Å². The zero-order chi connectivity index (χ0) is 13.2. The fourth-order valence-corrected chi connectivity index (χ4v) is 2.40. The molecule has 0 aliphatic carbocycles. The summed E-state index contributed by atoms with van der Waals surface area (Å²) >= 11 is 6.47. The highest BCUT2D eigenvalue weighted by molar-refractivity contribution is 7.15. The van der Waals surface area contributed by atoms with Crippen molar-refractivity contribution < 1.29 is 13.2 Å². The summed E-state index contributed by atoms with van der Waals surface area (Å²) < 4.78 is 37.1. The van der Waals surface area contributed by atoms with Crippen molar-refractivity contribution in [3.05, 3.63) is 21.9 Å². The first-order valence-electron chi connectivity index (χ1n) is 4.24. The van der Waals surface area contributed by atoms with E-state index in [1.54, 1.807) is 6.07 Å². The van der Waals surface area contributed by atoms with Crippen LogP contribution in [-0.4, -0.2) is 12.9 Å². The highest BCUT2D eigenvalue weighted by Crippen LogP contribution is 2.42. The van der Waals surface area contributed by atoms with Crippen LogP contribution in [0.15, 0.2) is 11.6 Å². The molecule has 17 heavy (non-hydrogen) atoms. The summed E-state index contributed by atoms with van der Waals surface area (Å²) in [5, 5.41) is 8.83. The van der Waals surface area contributed by atoms with E-state index in [2.05, 4.69) is 18.3 Å². The standard InChI is InChI=1S/C10H6ClF3N2S/c1-5(11)9-8(16-2)6(3-10(12,13)14)7(4-15)17-9/h1-3H2. The van der Waals surface area contributed by atoms with E-state index >= 15 is 0 Å². The van der Waals surface area contributed by atoms with E-state index < -0.39 is 12.6 Å². The maximum atomic E-state index is 12.4. The minimum Gasteiger partial charge on any atom is -0.263 e. The van der Waals surface area contributed by atoms with E-state index in [1.165, 1.54) is 0 Å². The quantitative estimate of drug-likeness (QED) is 0.761. The first-order valence-corrected chi connectivity index (χ1v) is 5.43. The van der Waals surface area contributed by atoms with Gasteiger partial charge in [0.1, 0.15) is 10.9 Å². The van der Waals surface area contributed by atoms with Crippen LogP contribution in [0, 0.1) is 11.3 Å². The topological polar surface area (TPSA) is 36.1 Å². The van der Waals surface area contributed by atoms with Crippen LogP contribution in [0.1, 0.15) is 15.3 Å². The van der Waals surface area contributed by atoms with Gasteiger partial charge >= 0.3 is 6.18 Å². The van der Waals surface area contributed by atoms with Gasteiger partial charge in [-0.2, -0.15) is 18.4 Å². The van der Waals surface area contributed by atoms with Crippen LogP contribution in [0.4, 0.5) is 18.9 Å². The Kier molecular flexibility index (Phi) is 3.96. The highest BCUT2D eigenvalue weighted by Gasteiger charge is 2.32. The van der Waals surface area contributed by atoms with Gasteiger partial charge in [0, 0.05) is 5.56 Å². The summed E-state index contributed by atoms with van der Waals surface area (Å²) in [6, 6.07) is 1.70. The van der Waals surface area contributed by atoms with Crippen molar-refractivity contribution >= 4 is 40.4 Å². The van der Waals surface area contributed by atoms with Crippen molar-refractivity contribution in [1.29, 1.82) is 5.26 Å². The smallest absolute Gasteiger partial charge is 0.263 e. The number of hydrogen-bond acceptors (Lipinski definition) is 3. The zero-order valence-electron chi connectivity index (χ0n) is 8.44. The van der Waals surface area contributed by atoms with Crippen molar-refractivity contribution in [2.24, 2.45) is 4.99 Å². The van der Waals surface area contributed by atoms with Crippen LogP contribution in [0.2, 0.25) is 0 Å². The zero-order valence-corrected chi connectivity index (χ0v) is 10.0. The molecule has 0 aromatic carbocycles. The molecule has 1 aromatic heterocycles. The SMILES string of the molecule is C=Nc1c(C(=C)Cl)sc(C#N)c1CC(F)(F)F. The van der Waals surface area contributed by atoms with Gasteiger partial charge in [-0.1, -0.05) is 18.2 Å². The van der Waals surface area contributed by atoms with Crippen LogP contribution < -0.4 is 0 Å². The van der Waals surface area contributed by atoms with E-state index in [9.17, 15) is 13.2 Å². The molecule has 0 N–H and O–H groups in total. The molecule has 0 aliphatic heterocycles. The lowest BCUT2D eigenvalue weighted by atomic mass is 10.1. The van der Waals surface area contributed by atoms with Crippen molar-refractivity contribution in [3.63, 3.8) is 0 Å². The molecule has 0 atom stereocenters. The van der Waals surface area contributed by atoms with Crippen LogP contribution in [0.5, 0.6) is 0 Å². The van der Waals surface area contributed by atoms with Gasteiger partial charge < -0.3 is 0 Å². The molecule has 1 aromatic rings. The molecule has 0 spiro atoms. The van der Waals surface area contributed by atoms with Crippen LogP contribution >= 0.6 is 22.9 Å². The molecule has 0 fully saturated rings. The third kappa shape index (κ3) is 3.08. The Bertz CT molecular complexity index is 511. The Hall–Kier alpha value is -1.32. The van der Waals surface area contributed by atoms with E-state index in [4.69, 9.17) is 16.9 Å². The normalized spacial score (nSPS) is 11.0. The van der Waals surface area contributed by atoms with Crippen LogP contribution in [0.25, 0.3) is 5.03 Å². The lowest BCUT2D eigenvalue weighted by molar-refractivity contribution is -0.127. The van der Waals surface area contributed by atoms with Gasteiger partial charge in [0.05, 0.1) is 22.0 Å². The maximum Gasteiger partial charge on any atom is 0.393 e. The number of aliphatic imine (C=N–C) groups is 1. The van der Waals surface area contributed by atoms with Crippen molar-refractivity contribution in [1.82, 2.24) is 0 Å². The number of rotatable bonds is 3. The average Bonchev–Trinajstić information content (AvgIpc) is 2.53. The van der Waals surface area contributed by atoms with Crippen molar-refractivity contribution in [2.45, 2.75) is 12.6 Å². The van der Waals surface area contributed by atoms with Crippen molar-refractivity contribution in [2.75, 3.05) is 0 Å². The fourth-order valence-electron chi connectivity index (χ4n) is 1.26. The minimum absolute atomic E-state index is 0.0103. The third-order valence-electron chi connectivity index (χ3n) is 1.86. The van der Waals surface area contributed by atoms with Gasteiger partial charge in [-0.25, -0.2) is 0 Å². The highest BCUT2D eigenvalue weighted by atomic mass is 35.5. The van der Waals surface area contributed by atoms with E-state index in [0.29, 0.717) is 0 Å². The lowest BCUT2D eigenvalue weighted by Crippen LogP contribution is -2.11. The molecule has 1 rings (SSSR count). The molecular formula is C10H6ClF3N2S. The molecule has 0 unspecified atom stereocenters. The molecule has 0 saturated heterocycles. The Labute approximate surface area is 105 Å². The lowest BCUT2D eigenvalue weighted by Gasteiger charge is -2.06. The summed E-state index contributed by atoms with van der Waals surface area (Å²) in [4.78, 5) is 3.69. The predicted molar refractivity (Wildman–Crippen MR) is 62.9 cm³/mol. The summed E-state index contributed by atoms with van der Waals surface area (Å²) in [5.74, 6) is 0. The molecule has 1 heterocycles. The van der Waals surface area contributed by atoms with Gasteiger partial charge in [-0.05, 0) is 6.72 Å². The molecule has 0 saturated carbocycles. The second-order valence-electron chi connectivity index (χ2n) is 3.05. The van der Waals surface area contributed by atoms with Gasteiger partial charge in [0.15, 0.2) is 0 Å². The second kappa shape index (κ2) is 4.90. The summed E-state index contributed by atoms with van der Waals surface area (Å²) in [6.07, 6.45) is -5.65. The number of nitriles is 1. The van der Waals surface area contributed by atoms with Crippen LogP contribution in [-0.2, 0) is 6.42 Å². The molecule has 90 valence electrons. The first-order chi connectivity index (χ1) is 7.80. The van der Waals surface area contributed by atoms with Gasteiger partial charge in [0.25, 0.3) is 0 Å². The third-order valence-corrected chi connectivity index (χ3v) is 3.35.